The molecule has 0 aromatic carbocycles. The highest BCUT2D eigenvalue weighted by Gasteiger charge is 2.76. The minimum absolute atomic E-state index is 0.116. The van der Waals surface area contributed by atoms with Crippen LogP contribution in [0.2, 0.25) is 0 Å². The van der Waals surface area contributed by atoms with Gasteiger partial charge >= 0.3 is 0 Å². The summed E-state index contributed by atoms with van der Waals surface area (Å²) in [7, 11) is 1.58. The average molecular weight is 488 g/mol. The van der Waals surface area contributed by atoms with Crippen molar-refractivity contribution in [1.29, 1.82) is 0 Å². The van der Waals surface area contributed by atoms with Crippen molar-refractivity contribution in [2.24, 2.45) is 17.8 Å². The SMILES string of the molecule is COCCN1C(=O)[C@@H]2[C@H](C(=O)N[C@@H]3CCCC[C@@H]3C)[C@@]3(C)C=C[C@@]2(O3)[C@H]1C(=O)NC1CCCCC1. The van der Waals surface area contributed by atoms with Gasteiger partial charge in [0.2, 0.25) is 17.7 Å². The van der Waals surface area contributed by atoms with Gasteiger partial charge in [0, 0.05) is 25.7 Å². The molecule has 194 valence electrons. The molecule has 7 atom stereocenters. The maximum atomic E-state index is 13.9. The van der Waals surface area contributed by atoms with E-state index in [9.17, 15) is 14.4 Å². The van der Waals surface area contributed by atoms with Gasteiger partial charge in [-0.3, -0.25) is 14.4 Å². The molecule has 3 heterocycles. The third kappa shape index (κ3) is 4.10. The number of carbonyl (C=O) groups is 3. The summed E-state index contributed by atoms with van der Waals surface area (Å²) in [6, 6.07) is -0.567. The number of ether oxygens (including phenoxy) is 2. The molecule has 2 N–H and O–H groups in total. The largest absolute Gasteiger partial charge is 0.383 e. The van der Waals surface area contributed by atoms with E-state index in [0.29, 0.717) is 12.5 Å². The molecule has 0 aromatic heterocycles. The summed E-state index contributed by atoms with van der Waals surface area (Å²) in [5.74, 6) is -1.45. The van der Waals surface area contributed by atoms with Crippen LogP contribution in [0.1, 0.15) is 71.6 Å². The highest BCUT2D eigenvalue weighted by molar-refractivity contribution is 6.00. The standard InChI is InChI=1S/C27H41N3O5/c1-17-9-7-8-12-19(17)29-23(31)20-21-25(33)30(15-16-34-3)22(27(21)14-13-26(20,2)35-27)24(32)28-18-10-5-4-6-11-18/h13-14,17-22H,4-12,15-16H2,1-3H3,(H,28,32)(H,29,31)/t17-,19+,20+,21-,22+,26+,27-/m0/s1. The first-order chi connectivity index (χ1) is 16.8. The summed E-state index contributed by atoms with van der Waals surface area (Å²) in [5.41, 5.74) is -2.03. The molecule has 2 bridgehead atoms. The Labute approximate surface area is 208 Å². The monoisotopic (exact) mass is 487 g/mol. The summed E-state index contributed by atoms with van der Waals surface area (Å²) in [4.78, 5) is 43.0. The van der Waals surface area contributed by atoms with Crippen LogP contribution in [0.3, 0.4) is 0 Å². The molecule has 1 spiro atoms. The van der Waals surface area contributed by atoms with Crippen molar-refractivity contribution < 1.29 is 23.9 Å². The van der Waals surface area contributed by atoms with Crippen LogP contribution in [0.5, 0.6) is 0 Å². The van der Waals surface area contributed by atoms with Gasteiger partial charge in [-0.15, -0.1) is 0 Å². The molecule has 35 heavy (non-hydrogen) atoms. The quantitative estimate of drug-likeness (QED) is 0.537. The van der Waals surface area contributed by atoms with Crippen LogP contribution in [0.25, 0.3) is 0 Å². The molecule has 3 amide bonds. The summed E-state index contributed by atoms with van der Waals surface area (Å²) >= 11 is 0. The zero-order valence-corrected chi connectivity index (χ0v) is 21.4. The molecule has 5 rings (SSSR count). The van der Waals surface area contributed by atoms with Crippen LogP contribution in [0, 0.1) is 17.8 Å². The van der Waals surface area contributed by atoms with Gasteiger partial charge in [-0.1, -0.05) is 51.2 Å². The fraction of sp³-hybridized carbons (Fsp3) is 0.815. The zero-order valence-electron chi connectivity index (χ0n) is 21.4. The molecule has 8 heteroatoms. The highest BCUT2D eigenvalue weighted by atomic mass is 16.5. The van der Waals surface area contributed by atoms with E-state index < -0.39 is 29.1 Å². The molecule has 2 aliphatic carbocycles. The molecule has 3 aliphatic heterocycles. The summed E-state index contributed by atoms with van der Waals surface area (Å²) < 4.78 is 11.9. The van der Waals surface area contributed by atoms with Crippen LogP contribution < -0.4 is 10.6 Å². The van der Waals surface area contributed by atoms with Crippen molar-refractivity contribution in [3.8, 4) is 0 Å². The average Bonchev–Trinajstić information content (AvgIpc) is 3.40. The normalized spacial score (nSPS) is 40.7. The smallest absolute Gasteiger partial charge is 0.246 e. The molecule has 5 aliphatic rings. The van der Waals surface area contributed by atoms with Gasteiger partial charge in [0.25, 0.3) is 0 Å². The van der Waals surface area contributed by atoms with Gasteiger partial charge < -0.3 is 25.0 Å². The van der Waals surface area contributed by atoms with E-state index in [2.05, 4.69) is 17.6 Å². The lowest BCUT2D eigenvalue weighted by atomic mass is 9.70. The van der Waals surface area contributed by atoms with E-state index in [4.69, 9.17) is 9.47 Å². The van der Waals surface area contributed by atoms with E-state index in [1.807, 2.05) is 19.1 Å². The van der Waals surface area contributed by atoms with Crippen molar-refractivity contribution >= 4 is 17.7 Å². The number of fused-ring (bicyclic) bond motifs is 1. The molecule has 8 nitrogen and oxygen atoms in total. The summed E-state index contributed by atoms with van der Waals surface area (Å²) in [6.07, 6.45) is 13.5. The van der Waals surface area contributed by atoms with Crippen LogP contribution >= 0.6 is 0 Å². The topological polar surface area (TPSA) is 97.0 Å². The summed E-state index contributed by atoms with van der Waals surface area (Å²) in [5, 5.41) is 6.49. The number of carbonyl (C=O) groups excluding carboxylic acids is 3. The third-order valence-electron chi connectivity index (χ3n) is 9.25. The summed E-state index contributed by atoms with van der Waals surface area (Å²) in [6.45, 7) is 4.68. The number of nitrogens with one attached hydrogen (secondary N) is 2. The molecule has 0 radical (unpaired) electrons. The van der Waals surface area contributed by atoms with E-state index >= 15 is 0 Å². The second-order valence-corrected chi connectivity index (χ2v) is 11.6. The van der Waals surface area contributed by atoms with Gasteiger partial charge in [0.1, 0.15) is 11.6 Å². The number of hydrogen-bond acceptors (Lipinski definition) is 5. The van der Waals surface area contributed by atoms with Crippen molar-refractivity contribution in [1.82, 2.24) is 15.5 Å². The Balaban J connectivity index is 1.43. The number of nitrogens with zero attached hydrogens (tertiary/aromatic N) is 1. The Bertz CT molecular complexity index is 886. The third-order valence-corrected chi connectivity index (χ3v) is 9.25. The maximum Gasteiger partial charge on any atom is 0.246 e. The van der Waals surface area contributed by atoms with E-state index in [1.165, 1.54) is 12.8 Å². The van der Waals surface area contributed by atoms with Crippen LogP contribution in [-0.4, -0.2) is 72.2 Å². The minimum Gasteiger partial charge on any atom is -0.383 e. The van der Waals surface area contributed by atoms with Crippen molar-refractivity contribution in [2.45, 2.75) is 101 Å². The van der Waals surface area contributed by atoms with Gasteiger partial charge in [0.15, 0.2) is 0 Å². The Morgan fingerprint density at radius 2 is 1.77 bits per heavy atom. The predicted octanol–water partition coefficient (Wildman–Crippen LogP) is 2.32. The number of amides is 3. The first kappa shape index (κ1) is 24.8. The second kappa shape index (κ2) is 9.51. The molecular weight excluding hydrogens is 446 g/mol. The first-order valence-electron chi connectivity index (χ1n) is 13.6. The number of methoxy groups -OCH3 is 1. The highest BCUT2D eigenvalue weighted by Crippen LogP contribution is 2.59. The molecule has 0 aromatic rings. The maximum absolute atomic E-state index is 13.9. The fourth-order valence-corrected chi connectivity index (χ4v) is 7.39. The van der Waals surface area contributed by atoms with Gasteiger partial charge in [-0.05, 0) is 38.5 Å². The zero-order chi connectivity index (χ0) is 24.8. The number of rotatable bonds is 7. The van der Waals surface area contributed by atoms with E-state index in [1.54, 1.807) is 12.0 Å². The van der Waals surface area contributed by atoms with Crippen LogP contribution in [0.4, 0.5) is 0 Å². The van der Waals surface area contributed by atoms with Crippen molar-refractivity contribution in [2.75, 3.05) is 20.3 Å². The Morgan fingerprint density at radius 3 is 2.49 bits per heavy atom. The minimum atomic E-state index is -1.13. The lowest BCUT2D eigenvalue weighted by Crippen LogP contribution is -2.57. The number of hydrogen-bond donors (Lipinski definition) is 2. The second-order valence-electron chi connectivity index (χ2n) is 11.6. The molecular formula is C27H41N3O5. The lowest BCUT2D eigenvalue weighted by molar-refractivity contribution is -0.146. The number of likely N-dealkylation sites (tertiary alicyclic amines) is 1. The molecule has 0 unspecified atom stereocenters. The Hall–Kier alpha value is -1.93. The van der Waals surface area contributed by atoms with Gasteiger partial charge in [-0.2, -0.15) is 0 Å². The lowest BCUT2D eigenvalue weighted by Gasteiger charge is -2.35. The predicted molar refractivity (Wildman–Crippen MR) is 130 cm³/mol. The fourth-order valence-electron chi connectivity index (χ4n) is 7.39. The van der Waals surface area contributed by atoms with Crippen molar-refractivity contribution in [3.63, 3.8) is 0 Å². The van der Waals surface area contributed by atoms with Gasteiger partial charge in [0.05, 0.1) is 24.0 Å². The van der Waals surface area contributed by atoms with E-state index in [0.717, 1.165) is 44.9 Å². The van der Waals surface area contributed by atoms with Crippen LogP contribution in [0.15, 0.2) is 12.2 Å². The van der Waals surface area contributed by atoms with E-state index in [-0.39, 0.29) is 36.3 Å². The van der Waals surface area contributed by atoms with Gasteiger partial charge in [-0.25, -0.2) is 0 Å². The van der Waals surface area contributed by atoms with Crippen molar-refractivity contribution in [3.05, 3.63) is 12.2 Å². The Morgan fingerprint density at radius 1 is 1.06 bits per heavy atom. The molecule has 2 saturated heterocycles. The molecule has 4 fully saturated rings. The molecule has 2 saturated carbocycles. The Kier molecular flexibility index (Phi) is 6.72. The first-order valence-corrected chi connectivity index (χ1v) is 13.6. The van der Waals surface area contributed by atoms with Crippen LogP contribution in [-0.2, 0) is 23.9 Å².